The van der Waals surface area contributed by atoms with Crippen LogP contribution in [0.2, 0.25) is 0 Å². The van der Waals surface area contributed by atoms with Crippen LogP contribution >= 0.6 is 11.8 Å². The first-order chi connectivity index (χ1) is 11.7. The first kappa shape index (κ1) is 16.2. The van der Waals surface area contributed by atoms with Crippen molar-refractivity contribution in [3.05, 3.63) is 66.0 Å². The minimum atomic E-state index is -0.360. The first-order valence-corrected chi connectivity index (χ1v) is 8.35. The molecule has 0 aliphatic carbocycles. The number of carbonyl (C=O) groups excluding carboxylic acids is 1. The number of hydrogen-bond donors (Lipinski definition) is 2. The Labute approximate surface area is 142 Å². The average Bonchev–Trinajstić information content (AvgIpc) is 3.09. The minimum absolute atomic E-state index is 0.226. The lowest BCUT2D eigenvalue weighted by Crippen LogP contribution is -2.25. The Morgan fingerprint density at radius 2 is 1.88 bits per heavy atom. The number of aromatic amines is 1. The van der Waals surface area contributed by atoms with Crippen molar-refractivity contribution >= 4 is 17.7 Å². The fraction of sp³-hybridized carbons (Fsp3) is 0.118. The van der Waals surface area contributed by atoms with Gasteiger partial charge in [0.1, 0.15) is 5.82 Å². The zero-order valence-corrected chi connectivity index (χ0v) is 13.5. The number of rotatable bonds is 6. The highest BCUT2D eigenvalue weighted by atomic mass is 32.2. The van der Waals surface area contributed by atoms with Gasteiger partial charge in [-0.2, -0.15) is 0 Å². The second-order valence-corrected chi connectivity index (χ2v) is 6.01. The van der Waals surface area contributed by atoms with E-state index in [2.05, 4.69) is 20.5 Å². The summed E-state index contributed by atoms with van der Waals surface area (Å²) in [7, 11) is 0. The Kier molecular flexibility index (Phi) is 5.22. The van der Waals surface area contributed by atoms with Crippen LogP contribution in [0.5, 0.6) is 0 Å². The third-order valence-electron chi connectivity index (χ3n) is 3.24. The summed E-state index contributed by atoms with van der Waals surface area (Å²) < 4.78 is 12.8. The number of carbonyl (C=O) groups is 1. The van der Waals surface area contributed by atoms with Gasteiger partial charge in [-0.3, -0.25) is 9.89 Å². The minimum Gasteiger partial charge on any atom is -0.351 e. The summed E-state index contributed by atoms with van der Waals surface area (Å²) in [4.78, 5) is 16.3. The van der Waals surface area contributed by atoms with E-state index in [0.717, 1.165) is 5.56 Å². The maximum Gasteiger partial charge on any atom is 0.251 e. The van der Waals surface area contributed by atoms with E-state index in [4.69, 9.17) is 0 Å². The molecule has 122 valence electrons. The average molecular weight is 342 g/mol. The fourth-order valence-electron chi connectivity index (χ4n) is 2.05. The smallest absolute Gasteiger partial charge is 0.251 e. The topological polar surface area (TPSA) is 70.7 Å². The third-order valence-corrected chi connectivity index (χ3v) is 4.09. The zero-order valence-electron chi connectivity index (χ0n) is 12.7. The van der Waals surface area contributed by atoms with Gasteiger partial charge >= 0.3 is 0 Å². The molecular formula is C17H15FN4OS. The van der Waals surface area contributed by atoms with Crippen molar-refractivity contribution in [2.24, 2.45) is 0 Å². The number of halogens is 1. The highest BCUT2D eigenvalue weighted by molar-refractivity contribution is 7.99. The summed E-state index contributed by atoms with van der Waals surface area (Å²) in [5.74, 6) is 0.767. The second-order valence-electron chi connectivity index (χ2n) is 4.94. The summed E-state index contributed by atoms with van der Waals surface area (Å²) >= 11 is 1.45. The molecule has 24 heavy (non-hydrogen) atoms. The zero-order chi connectivity index (χ0) is 16.8. The molecule has 0 bridgehead atoms. The van der Waals surface area contributed by atoms with Crippen molar-refractivity contribution in [1.29, 1.82) is 0 Å². The summed E-state index contributed by atoms with van der Waals surface area (Å²) in [5.41, 5.74) is 1.41. The van der Waals surface area contributed by atoms with Gasteiger partial charge in [0.25, 0.3) is 5.91 Å². The number of amides is 1. The Morgan fingerprint density at radius 1 is 1.12 bits per heavy atom. The van der Waals surface area contributed by atoms with Gasteiger partial charge in [-0.15, -0.1) is 5.10 Å². The van der Waals surface area contributed by atoms with Crippen LogP contribution in [0.1, 0.15) is 10.4 Å². The van der Waals surface area contributed by atoms with E-state index in [1.807, 2.05) is 30.3 Å². The summed E-state index contributed by atoms with van der Waals surface area (Å²) in [6.45, 7) is 0.468. The molecule has 3 aromatic rings. The predicted octanol–water partition coefficient (Wildman–Crippen LogP) is 3.13. The monoisotopic (exact) mass is 342 g/mol. The van der Waals surface area contributed by atoms with E-state index in [1.165, 1.54) is 36.0 Å². The van der Waals surface area contributed by atoms with Crippen molar-refractivity contribution in [2.45, 2.75) is 5.16 Å². The van der Waals surface area contributed by atoms with Gasteiger partial charge < -0.3 is 5.32 Å². The molecule has 0 unspecified atom stereocenters. The van der Waals surface area contributed by atoms with Crippen LogP contribution < -0.4 is 5.32 Å². The number of hydrogen-bond acceptors (Lipinski definition) is 4. The van der Waals surface area contributed by atoms with E-state index < -0.39 is 0 Å². The van der Waals surface area contributed by atoms with Crippen molar-refractivity contribution in [1.82, 2.24) is 20.5 Å². The van der Waals surface area contributed by atoms with Gasteiger partial charge in [-0.1, -0.05) is 42.1 Å². The lowest BCUT2D eigenvalue weighted by atomic mass is 10.2. The van der Waals surface area contributed by atoms with Crippen molar-refractivity contribution in [3.8, 4) is 11.4 Å². The van der Waals surface area contributed by atoms with Crippen LogP contribution in [0.25, 0.3) is 11.4 Å². The molecule has 1 aromatic heterocycles. The van der Waals surface area contributed by atoms with Gasteiger partial charge in [0, 0.05) is 23.4 Å². The molecule has 3 rings (SSSR count). The Balaban J connectivity index is 1.46. The number of nitrogens with zero attached hydrogens (tertiary/aromatic N) is 2. The molecule has 2 N–H and O–H groups in total. The normalized spacial score (nSPS) is 10.5. The quantitative estimate of drug-likeness (QED) is 0.533. The number of benzene rings is 2. The van der Waals surface area contributed by atoms with E-state index in [-0.39, 0.29) is 11.7 Å². The Morgan fingerprint density at radius 3 is 2.62 bits per heavy atom. The van der Waals surface area contributed by atoms with Crippen molar-refractivity contribution in [3.63, 3.8) is 0 Å². The van der Waals surface area contributed by atoms with Crippen LogP contribution in [-0.4, -0.2) is 33.4 Å². The van der Waals surface area contributed by atoms with Gasteiger partial charge in [0.05, 0.1) is 0 Å². The van der Waals surface area contributed by atoms with E-state index in [1.54, 1.807) is 0 Å². The third kappa shape index (κ3) is 4.20. The van der Waals surface area contributed by atoms with Gasteiger partial charge in [-0.05, 0) is 24.3 Å². The molecule has 7 heteroatoms. The van der Waals surface area contributed by atoms with Crippen LogP contribution in [0.15, 0.2) is 59.8 Å². The van der Waals surface area contributed by atoms with E-state index in [9.17, 15) is 9.18 Å². The molecule has 0 saturated heterocycles. The second kappa shape index (κ2) is 7.74. The van der Waals surface area contributed by atoms with Crippen molar-refractivity contribution in [2.75, 3.05) is 12.3 Å². The molecule has 0 atom stereocenters. The highest BCUT2D eigenvalue weighted by Crippen LogP contribution is 2.18. The number of thioether (sulfide) groups is 1. The first-order valence-electron chi connectivity index (χ1n) is 7.37. The Hall–Kier alpha value is -2.67. The summed E-state index contributed by atoms with van der Waals surface area (Å²) in [6, 6.07) is 15.2. The largest absolute Gasteiger partial charge is 0.351 e. The van der Waals surface area contributed by atoms with Gasteiger partial charge in [-0.25, -0.2) is 9.37 Å². The molecule has 0 radical (unpaired) electrons. The molecule has 2 aromatic carbocycles. The van der Waals surface area contributed by atoms with E-state index >= 15 is 0 Å². The number of H-pyrrole nitrogens is 1. The lowest BCUT2D eigenvalue weighted by molar-refractivity contribution is 0.0956. The molecule has 1 amide bonds. The van der Waals surface area contributed by atoms with Crippen LogP contribution in [0.4, 0.5) is 4.39 Å². The maximum atomic E-state index is 12.8. The van der Waals surface area contributed by atoms with E-state index in [0.29, 0.717) is 28.8 Å². The molecule has 5 nitrogen and oxygen atoms in total. The van der Waals surface area contributed by atoms with Gasteiger partial charge in [0.2, 0.25) is 5.16 Å². The van der Waals surface area contributed by atoms with Crippen LogP contribution in [0, 0.1) is 5.82 Å². The fourth-order valence-corrected chi connectivity index (χ4v) is 2.70. The SMILES string of the molecule is O=C(NCCSc1n[nH]c(-c2ccccc2)n1)c1ccc(F)cc1. The molecule has 0 spiro atoms. The standard InChI is InChI=1S/C17H15FN4OS/c18-14-8-6-13(7-9-14)16(23)19-10-11-24-17-20-15(21-22-17)12-4-2-1-3-5-12/h1-9H,10-11H2,(H,19,23)(H,20,21,22). The molecule has 0 aliphatic heterocycles. The van der Waals surface area contributed by atoms with Crippen LogP contribution in [-0.2, 0) is 0 Å². The predicted molar refractivity (Wildman–Crippen MR) is 91.3 cm³/mol. The molecule has 1 heterocycles. The summed E-state index contributed by atoms with van der Waals surface area (Å²) in [6.07, 6.45) is 0. The Bertz CT molecular complexity index is 805. The highest BCUT2D eigenvalue weighted by Gasteiger charge is 2.07. The van der Waals surface area contributed by atoms with Crippen LogP contribution in [0.3, 0.4) is 0 Å². The number of nitrogens with one attached hydrogen (secondary N) is 2. The molecule has 0 aliphatic rings. The molecule has 0 saturated carbocycles. The van der Waals surface area contributed by atoms with Crippen molar-refractivity contribution < 1.29 is 9.18 Å². The number of aromatic nitrogens is 3. The lowest BCUT2D eigenvalue weighted by Gasteiger charge is -2.03. The molecular weight excluding hydrogens is 327 g/mol. The maximum absolute atomic E-state index is 12.8. The van der Waals surface area contributed by atoms with Gasteiger partial charge in [0.15, 0.2) is 5.82 Å². The molecule has 0 fully saturated rings. The summed E-state index contributed by atoms with van der Waals surface area (Å²) in [5, 5.41) is 10.5.